The van der Waals surface area contributed by atoms with E-state index in [4.69, 9.17) is 16.3 Å². The van der Waals surface area contributed by atoms with Gasteiger partial charge in [0.25, 0.3) is 11.6 Å². The predicted octanol–water partition coefficient (Wildman–Crippen LogP) is 5.33. The first-order valence-electron chi connectivity index (χ1n) is 9.09. The van der Waals surface area contributed by atoms with Crippen LogP contribution in [0.15, 0.2) is 72.8 Å². The summed E-state index contributed by atoms with van der Waals surface area (Å²) < 4.78 is 5.54. The fourth-order valence-corrected chi connectivity index (χ4v) is 2.81. The summed E-state index contributed by atoms with van der Waals surface area (Å²) in [6, 6.07) is 21.5. The minimum atomic E-state index is -0.497. The van der Waals surface area contributed by atoms with E-state index in [9.17, 15) is 20.2 Å². The Morgan fingerprint density at radius 3 is 2.48 bits per heavy atom. The molecule has 0 atom stereocenters. The van der Waals surface area contributed by atoms with Gasteiger partial charge in [-0.2, -0.15) is 5.26 Å². The minimum absolute atomic E-state index is 0.0479. The van der Waals surface area contributed by atoms with Crippen LogP contribution >= 0.6 is 11.6 Å². The van der Waals surface area contributed by atoms with Gasteiger partial charge in [-0.05, 0) is 65.7 Å². The zero-order valence-corrected chi connectivity index (χ0v) is 16.9. The molecular weight excluding hydrogens is 418 g/mol. The van der Waals surface area contributed by atoms with Gasteiger partial charge in [0.1, 0.15) is 5.75 Å². The number of non-ortho nitro benzene ring substituents is 1. The van der Waals surface area contributed by atoms with Crippen LogP contribution in [-0.4, -0.2) is 17.4 Å². The van der Waals surface area contributed by atoms with Gasteiger partial charge in [-0.1, -0.05) is 23.7 Å². The van der Waals surface area contributed by atoms with Gasteiger partial charge in [-0.15, -0.1) is 0 Å². The molecule has 1 amide bonds. The third-order valence-corrected chi connectivity index (χ3v) is 4.43. The number of ether oxygens (including phenoxy) is 1. The van der Waals surface area contributed by atoms with Crippen LogP contribution in [0.3, 0.4) is 0 Å². The molecule has 0 spiro atoms. The number of carbonyl (C=O) groups is 1. The molecule has 0 radical (unpaired) electrons. The number of nitro benzene ring substituents is 1. The summed E-state index contributed by atoms with van der Waals surface area (Å²) in [5.41, 5.74) is 2.14. The van der Waals surface area contributed by atoms with E-state index >= 15 is 0 Å². The number of carbonyl (C=O) groups excluding carboxylic acids is 1. The summed E-state index contributed by atoms with van der Waals surface area (Å²) >= 11 is 5.82. The molecule has 0 saturated carbocycles. The fraction of sp³-hybridized carbons (Fsp3) is 0.0435. The average Bonchev–Trinajstić information content (AvgIpc) is 2.78. The van der Waals surface area contributed by atoms with Crippen molar-refractivity contribution in [2.24, 2.45) is 0 Å². The van der Waals surface area contributed by atoms with Crippen LogP contribution in [0.1, 0.15) is 11.1 Å². The van der Waals surface area contributed by atoms with Crippen LogP contribution < -0.4 is 10.1 Å². The van der Waals surface area contributed by atoms with Gasteiger partial charge in [0.2, 0.25) is 0 Å². The van der Waals surface area contributed by atoms with Crippen molar-refractivity contribution in [1.82, 2.24) is 0 Å². The Morgan fingerprint density at radius 2 is 1.84 bits per heavy atom. The van der Waals surface area contributed by atoms with Crippen LogP contribution in [0.2, 0.25) is 5.02 Å². The van der Waals surface area contributed by atoms with Crippen molar-refractivity contribution in [3.8, 4) is 11.8 Å². The Hall–Kier alpha value is -4.15. The molecule has 31 heavy (non-hydrogen) atoms. The van der Waals surface area contributed by atoms with Crippen molar-refractivity contribution in [3.05, 3.63) is 99.1 Å². The molecule has 0 saturated heterocycles. The van der Waals surface area contributed by atoms with E-state index < -0.39 is 4.92 Å². The molecule has 154 valence electrons. The van der Waals surface area contributed by atoms with Gasteiger partial charge in [0, 0.05) is 22.8 Å². The number of allylic oxidation sites excluding steroid dienone is 1. The van der Waals surface area contributed by atoms with Gasteiger partial charge in [-0.3, -0.25) is 14.9 Å². The quantitative estimate of drug-likeness (QED) is 0.234. The number of anilines is 1. The first kappa shape index (κ1) is 21.6. The van der Waals surface area contributed by atoms with E-state index in [0.29, 0.717) is 33.2 Å². The standard InChI is InChI=1S/C23H16ClN3O4/c24-19-6-8-20(9-7-19)26-23(28)15-31-22-3-1-2-16(13-22)12-18(14-25)17-4-10-21(11-5-17)27(29)30/h1-13H,15H2,(H,26,28)/b18-12+. The van der Waals surface area contributed by atoms with Crippen molar-refractivity contribution in [2.75, 3.05) is 11.9 Å². The summed E-state index contributed by atoms with van der Waals surface area (Å²) in [7, 11) is 0. The van der Waals surface area contributed by atoms with Crippen molar-refractivity contribution >= 4 is 40.5 Å². The molecular formula is C23H16ClN3O4. The first-order valence-corrected chi connectivity index (χ1v) is 9.47. The lowest BCUT2D eigenvalue weighted by atomic mass is 10.0. The summed E-state index contributed by atoms with van der Waals surface area (Å²) in [6.07, 6.45) is 1.64. The third kappa shape index (κ3) is 6.16. The second kappa shape index (κ2) is 10.1. The molecule has 1 N–H and O–H groups in total. The molecule has 0 bridgehead atoms. The summed E-state index contributed by atoms with van der Waals surface area (Å²) in [5.74, 6) is 0.132. The van der Waals surface area contributed by atoms with Gasteiger partial charge in [-0.25, -0.2) is 0 Å². The number of hydrogen-bond donors (Lipinski definition) is 1. The number of amides is 1. The van der Waals surface area contributed by atoms with E-state index in [1.807, 2.05) is 0 Å². The van der Waals surface area contributed by atoms with Crippen LogP contribution in [0.4, 0.5) is 11.4 Å². The number of nitro groups is 1. The zero-order valence-electron chi connectivity index (χ0n) is 16.1. The van der Waals surface area contributed by atoms with E-state index in [2.05, 4.69) is 11.4 Å². The van der Waals surface area contributed by atoms with Gasteiger partial charge in [0.15, 0.2) is 6.61 Å². The van der Waals surface area contributed by atoms with E-state index in [-0.39, 0.29) is 18.2 Å². The van der Waals surface area contributed by atoms with Crippen molar-refractivity contribution in [1.29, 1.82) is 5.26 Å². The molecule has 0 fully saturated rings. The highest BCUT2D eigenvalue weighted by Crippen LogP contribution is 2.23. The second-order valence-electron chi connectivity index (χ2n) is 6.39. The Labute approximate surface area is 183 Å². The van der Waals surface area contributed by atoms with Gasteiger partial charge < -0.3 is 10.1 Å². The maximum absolute atomic E-state index is 12.1. The number of nitrogens with zero attached hydrogens (tertiary/aromatic N) is 2. The highest BCUT2D eigenvalue weighted by Gasteiger charge is 2.08. The maximum atomic E-state index is 12.1. The highest BCUT2D eigenvalue weighted by atomic mass is 35.5. The molecule has 0 heterocycles. The smallest absolute Gasteiger partial charge is 0.269 e. The Morgan fingerprint density at radius 1 is 1.13 bits per heavy atom. The number of benzene rings is 3. The van der Waals surface area contributed by atoms with Crippen LogP contribution in [0.25, 0.3) is 11.6 Å². The first-order chi connectivity index (χ1) is 14.9. The van der Waals surface area contributed by atoms with Crippen molar-refractivity contribution < 1.29 is 14.5 Å². The molecule has 8 heteroatoms. The summed E-state index contributed by atoms with van der Waals surface area (Å²) in [5, 5.41) is 23.5. The molecule has 7 nitrogen and oxygen atoms in total. The minimum Gasteiger partial charge on any atom is -0.484 e. The maximum Gasteiger partial charge on any atom is 0.269 e. The van der Waals surface area contributed by atoms with E-state index in [0.717, 1.165) is 0 Å². The number of nitriles is 1. The lowest BCUT2D eigenvalue weighted by molar-refractivity contribution is -0.384. The molecule has 3 aromatic rings. The van der Waals surface area contributed by atoms with Crippen LogP contribution in [-0.2, 0) is 4.79 Å². The highest BCUT2D eigenvalue weighted by molar-refractivity contribution is 6.30. The molecule has 0 aliphatic rings. The largest absolute Gasteiger partial charge is 0.484 e. The number of nitrogens with one attached hydrogen (secondary N) is 1. The van der Waals surface area contributed by atoms with Gasteiger partial charge in [0.05, 0.1) is 16.6 Å². The SMILES string of the molecule is N#C/C(=C\c1cccc(OCC(=O)Nc2ccc(Cl)cc2)c1)c1ccc([N+](=O)[O-])cc1. The molecule has 0 aromatic heterocycles. The number of hydrogen-bond acceptors (Lipinski definition) is 5. The number of halogens is 1. The van der Waals surface area contributed by atoms with Crippen LogP contribution in [0, 0.1) is 21.4 Å². The molecule has 0 unspecified atom stereocenters. The second-order valence-corrected chi connectivity index (χ2v) is 6.83. The topological polar surface area (TPSA) is 105 Å². The zero-order chi connectivity index (χ0) is 22.2. The normalized spacial score (nSPS) is 10.8. The lowest BCUT2D eigenvalue weighted by Gasteiger charge is -2.08. The monoisotopic (exact) mass is 433 g/mol. The van der Waals surface area contributed by atoms with Crippen molar-refractivity contribution in [2.45, 2.75) is 0 Å². The Bertz CT molecular complexity index is 1170. The van der Waals surface area contributed by atoms with E-state index in [1.54, 1.807) is 54.6 Å². The molecule has 3 aromatic carbocycles. The third-order valence-electron chi connectivity index (χ3n) is 4.18. The molecule has 0 aliphatic heterocycles. The lowest BCUT2D eigenvalue weighted by Crippen LogP contribution is -2.20. The van der Waals surface area contributed by atoms with Crippen molar-refractivity contribution in [3.63, 3.8) is 0 Å². The molecule has 0 aliphatic carbocycles. The van der Waals surface area contributed by atoms with Gasteiger partial charge >= 0.3 is 0 Å². The number of rotatable bonds is 7. The Kier molecular flexibility index (Phi) is 6.99. The summed E-state index contributed by atoms with van der Waals surface area (Å²) in [4.78, 5) is 22.4. The van der Waals surface area contributed by atoms with E-state index in [1.165, 1.54) is 24.3 Å². The fourth-order valence-electron chi connectivity index (χ4n) is 2.68. The summed E-state index contributed by atoms with van der Waals surface area (Å²) in [6.45, 7) is -0.191. The molecule has 3 rings (SSSR count). The average molecular weight is 434 g/mol. The predicted molar refractivity (Wildman–Crippen MR) is 119 cm³/mol. The van der Waals surface area contributed by atoms with Crippen LogP contribution in [0.5, 0.6) is 5.75 Å². The Balaban J connectivity index is 1.67.